The minimum atomic E-state index is 0.535. The Bertz CT molecular complexity index is 411. The maximum atomic E-state index is 3.65. The first-order valence-corrected chi connectivity index (χ1v) is 6.62. The van der Waals surface area contributed by atoms with E-state index in [0.717, 1.165) is 13.0 Å². The molecule has 1 heteroatoms. The van der Waals surface area contributed by atoms with Crippen LogP contribution in [0.5, 0.6) is 0 Å². The molecule has 1 aromatic rings. The summed E-state index contributed by atoms with van der Waals surface area (Å²) >= 11 is 0. The molecular weight excluding hydrogens is 206 g/mol. The molecule has 0 heterocycles. The molecule has 0 fully saturated rings. The van der Waals surface area contributed by atoms with Gasteiger partial charge in [-0.05, 0) is 37.3 Å². The molecule has 1 nitrogen and oxygen atoms in total. The van der Waals surface area contributed by atoms with Gasteiger partial charge in [-0.15, -0.1) is 11.8 Å². The Morgan fingerprint density at radius 1 is 1.29 bits per heavy atom. The van der Waals surface area contributed by atoms with E-state index in [0.29, 0.717) is 6.04 Å². The first kappa shape index (κ1) is 12.2. The highest BCUT2D eigenvalue weighted by atomic mass is 14.9. The Morgan fingerprint density at radius 2 is 2.18 bits per heavy atom. The van der Waals surface area contributed by atoms with Gasteiger partial charge in [0.15, 0.2) is 0 Å². The zero-order valence-corrected chi connectivity index (χ0v) is 10.6. The first-order chi connectivity index (χ1) is 8.42. The number of benzene rings is 1. The first-order valence-electron chi connectivity index (χ1n) is 6.62. The summed E-state index contributed by atoms with van der Waals surface area (Å²) in [6, 6.07) is 9.41. The number of hydrogen-bond acceptors (Lipinski definition) is 1. The molecule has 17 heavy (non-hydrogen) atoms. The molecular formula is C16H21N. The molecule has 0 aliphatic heterocycles. The molecule has 0 aromatic heterocycles. The van der Waals surface area contributed by atoms with Crippen molar-refractivity contribution in [3.63, 3.8) is 0 Å². The fourth-order valence-corrected chi connectivity index (χ4v) is 2.57. The highest BCUT2D eigenvalue weighted by Gasteiger charge is 2.16. The van der Waals surface area contributed by atoms with E-state index in [2.05, 4.69) is 41.4 Å². The van der Waals surface area contributed by atoms with Crippen molar-refractivity contribution in [2.75, 3.05) is 6.54 Å². The zero-order valence-electron chi connectivity index (χ0n) is 10.6. The largest absolute Gasteiger partial charge is 0.309 e. The molecule has 0 amide bonds. The highest BCUT2D eigenvalue weighted by molar-refractivity contribution is 5.31. The van der Waals surface area contributed by atoms with Gasteiger partial charge in [0.1, 0.15) is 0 Å². The third-order valence-electron chi connectivity index (χ3n) is 3.44. The number of rotatable bonds is 3. The third-order valence-corrected chi connectivity index (χ3v) is 3.44. The van der Waals surface area contributed by atoms with Gasteiger partial charge < -0.3 is 5.32 Å². The van der Waals surface area contributed by atoms with Crippen LogP contribution in [-0.4, -0.2) is 6.54 Å². The fourth-order valence-electron chi connectivity index (χ4n) is 2.57. The lowest BCUT2D eigenvalue weighted by molar-refractivity contribution is 0.496. The van der Waals surface area contributed by atoms with Gasteiger partial charge in [-0.2, -0.15) is 0 Å². The van der Waals surface area contributed by atoms with E-state index in [4.69, 9.17) is 0 Å². The summed E-state index contributed by atoms with van der Waals surface area (Å²) in [6.07, 6.45) is 6.10. The van der Waals surface area contributed by atoms with Crippen molar-refractivity contribution >= 4 is 0 Å². The Morgan fingerprint density at radius 3 is 3.06 bits per heavy atom. The normalized spacial score (nSPS) is 18.8. The number of hydrogen-bond donors (Lipinski definition) is 1. The fraction of sp³-hybridized carbons (Fsp3) is 0.500. The van der Waals surface area contributed by atoms with E-state index in [1.54, 1.807) is 0 Å². The Hall–Kier alpha value is -1.26. The Labute approximate surface area is 105 Å². The molecule has 90 valence electrons. The van der Waals surface area contributed by atoms with Gasteiger partial charge in [-0.3, -0.25) is 0 Å². The molecule has 0 saturated carbocycles. The Kier molecular flexibility index (Phi) is 4.64. The molecule has 1 atom stereocenters. The van der Waals surface area contributed by atoms with E-state index < -0.39 is 0 Å². The van der Waals surface area contributed by atoms with Crippen LogP contribution in [0.15, 0.2) is 24.3 Å². The van der Waals surface area contributed by atoms with E-state index in [1.165, 1.54) is 36.8 Å². The van der Waals surface area contributed by atoms with Crippen LogP contribution in [0.1, 0.15) is 49.8 Å². The lowest BCUT2D eigenvalue weighted by Gasteiger charge is -2.18. The maximum absolute atomic E-state index is 3.65. The quantitative estimate of drug-likeness (QED) is 0.474. The van der Waals surface area contributed by atoms with Crippen molar-refractivity contribution in [2.45, 2.75) is 45.1 Å². The van der Waals surface area contributed by atoms with Crippen LogP contribution in [0.4, 0.5) is 0 Å². The summed E-state index contributed by atoms with van der Waals surface area (Å²) in [5, 5.41) is 3.65. The average Bonchev–Trinajstić information content (AvgIpc) is 2.57. The van der Waals surface area contributed by atoms with Crippen molar-refractivity contribution in [3.8, 4) is 11.8 Å². The van der Waals surface area contributed by atoms with Crippen molar-refractivity contribution in [1.82, 2.24) is 5.32 Å². The van der Waals surface area contributed by atoms with Crippen molar-refractivity contribution in [1.29, 1.82) is 0 Å². The second kappa shape index (κ2) is 6.47. The molecule has 0 radical (unpaired) electrons. The monoisotopic (exact) mass is 227 g/mol. The van der Waals surface area contributed by atoms with Crippen LogP contribution in [0.3, 0.4) is 0 Å². The summed E-state index contributed by atoms with van der Waals surface area (Å²) in [5.41, 5.74) is 3.04. The van der Waals surface area contributed by atoms with Crippen LogP contribution in [0.2, 0.25) is 0 Å². The predicted molar refractivity (Wildman–Crippen MR) is 72.8 cm³/mol. The molecule has 0 bridgehead atoms. The summed E-state index contributed by atoms with van der Waals surface area (Å²) in [6.45, 7) is 2.90. The third kappa shape index (κ3) is 3.35. The second-order valence-corrected chi connectivity index (χ2v) is 4.63. The SMILES string of the molecule is CC#CCCNC1CCCCc2ccccc21. The second-order valence-electron chi connectivity index (χ2n) is 4.63. The molecule has 1 N–H and O–H groups in total. The highest BCUT2D eigenvalue weighted by Crippen LogP contribution is 2.28. The van der Waals surface area contributed by atoms with Crippen LogP contribution in [-0.2, 0) is 6.42 Å². The van der Waals surface area contributed by atoms with Gasteiger partial charge in [0.2, 0.25) is 0 Å². The van der Waals surface area contributed by atoms with E-state index in [1.807, 2.05) is 6.92 Å². The predicted octanol–water partition coefficient (Wildman–Crippen LogP) is 3.46. The zero-order chi connectivity index (χ0) is 11.9. The average molecular weight is 227 g/mol. The van der Waals surface area contributed by atoms with Crippen molar-refractivity contribution in [2.24, 2.45) is 0 Å². The lowest BCUT2D eigenvalue weighted by atomic mass is 9.99. The standard InChI is InChI=1S/C16H21N/c1-2-3-8-13-17-16-12-7-5-10-14-9-4-6-11-15(14)16/h4,6,9,11,16-17H,5,7-8,10,12-13H2,1H3. The molecule has 2 rings (SSSR count). The van der Waals surface area contributed by atoms with Crippen molar-refractivity contribution in [3.05, 3.63) is 35.4 Å². The number of nitrogens with one attached hydrogen (secondary N) is 1. The minimum Gasteiger partial charge on any atom is -0.309 e. The van der Waals surface area contributed by atoms with E-state index >= 15 is 0 Å². The topological polar surface area (TPSA) is 12.0 Å². The summed E-state index contributed by atoms with van der Waals surface area (Å²) in [4.78, 5) is 0. The lowest BCUT2D eigenvalue weighted by Crippen LogP contribution is -2.22. The molecule has 0 spiro atoms. The van der Waals surface area contributed by atoms with E-state index in [-0.39, 0.29) is 0 Å². The maximum Gasteiger partial charge on any atom is 0.0323 e. The molecule has 0 saturated heterocycles. The van der Waals surface area contributed by atoms with Gasteiger partial charge in [-0.25, -0.2) is 0 Å². The van der Waals surface area contributed by atoms with Crippen LogP contribution >= 0.6 is 0 Å². The summed E-state index contributed by atoms with van der Waals surface area (Å²) < 4.78 is 0. The van der Waals surface area contributed by atoms with Crippen LogP contribution < -0.4 is 5.32 Å². The van der Waals surface area contributed by atoms with Gasteiger partial charge in [0.05, 0.1) is 0 Å². The Balaban J connectivity index is 2.03. The van der Waals surface area contributed by atoms with Gasteiger partial charge >= 0.3 is 0 Å². The molecule has 1 aliphatic carbocycles. The van der Waals surface area contributed by atoms with Gasteiger partial charge in [-0.1, -0.05) is 30.7 Å². The molecule has 1 aromatic carbocycles. The number of fused-ring (bicyclic) bond motifs is 1. The minimum absolute atomic E-state index is 0.535. The summed E-state index contributed by atoms with van der Waals surface area (Å²) in [5.74, 6) is 6.06. The number of aryl methyl sites for hydroxylation is 1. The molecule has 1 aliphatic rings. The van der Waals surface area contributed by atoms with Gasteiger partial charge in [0.25, 0.3) is 0 Å². The van der Waals surface area contributed by atoms with Crippen LogP contribution in [0, 0.1) is 11.8 Å². The van der Waals surface area contributed by atoms with Gasteiger partial charge in [0, 0.05) is 19.0 Å². The van der Waals surface area contributed by atoms with Crippen LogP contribution in [0.25, 0.3) is 0 Å². The summed E-state index contributed by atoms with van der Waals surface area (Å²) in [7, 11) is 0. The van der Waals surface area contributed by atoms with E-state index in [9.17, 15) is 0 Å². The smallest absolute Gasteiger partial charge is 0.0323 e. The van der Waals surface area contributed by atoms with Crippen molar-refractivity contribution < 1.29 is 0 Å². The molecule has 1 unspecified atom stereocenters.